The first-order chi connectivity index (χ1) is 14.8. The predicted octanol–water partition coefficient (Wildman–Crippen LogP) is 3.68. The molecule has 3 aromatic rings. The number of halogens is 1. The summed E-state index contributed by atoms with van der Waals surface area (Å²) in [5, 5.41) is 2.58. The number of benzene rings is 3. The van der Waals surface area contributed by atoms with Crippen molar-refractivity contribution in [1.29, 1.82) is 0 Å². The molecule has 31 heavy (non-hydrogen) atoms. The number of rotatable bonds is 8. The molecule has 162 valence electrons. The highest BCUT2D eigenvalue weighted by atomic mass is 32.2. The second-order valence-corrected chi connectivity index (χ2v) is 8.28. The summed E-state index contributed by atoms with van der Waals surface area (Å²) in [4.78, 5) is 12.7. The van der Waals surface area contributed by atoms with Crippen molar-refractivity contribution in [3.63, 3.8) is 0 Å². The molecule has 1 N–H and O–H groups in total. The summed E-state index contributed by atoms with van der Waals surface area (Å²) in [5.74, 6) is -0.375. The average molecular weight is 444 g/mol. The number of sulfonamides is 1. The van der Waals surface area contributed by atoms with E-state index in [0.717, 1.165) is 4.31 Å². The molecule has 0 aromatic heterocycles. The molecule has 1 amide bonds. The Morgan fingerprint density at radius 1 is 0.968 bits per heavy atom. The first kappa shape index (κ1) is 22.1. The highest BCUT2D eigenvalue weighted by molar-refractivity contribution is 7.92. The summed E-state index contributed by atoms with van der Waals surface area (Å²) < 4.78 is 51.4. The molecule has 9 heteroatoms. The van der Waals surface area contributed by atoms with E-state index < -0.39 is 28.3 Å². The van der Waals surface area contributed by atoms with Crippen molar-refractivity contribution in [2.75, 3.05) is 30.4 Å². The summed E-state index contributed by atoms with van der Waals surface area (Å²) in [6, 6.07) is 17.5. The molecule has 0 fully saturated rings. The summed E-state index contributed by atoms with van der Waals surface area (Å²) in [6.45, 7) is -0.530. The molecule has 0 saturated heterocycles. The van der Waals surface area contributed by atoms with Crippen molar-refractivity contribution in [3.05, 3.63) is 78.6 Å². The number of anilines is 2. The Morgan fingerprint density at radius 2 is 1.65 bits per heavy atom. The topological polar surface area (TPSA) is 84.9 Å². The van der Waals surface area contributed by atoms with Crippen LogP contribution in [0, 0.1) is 5.82 Å². The van der Waals surface area contributed by atoms with Gasteiger partial charge in [0.25, 0.3) is 10.0 Å². The van der Waals surface area contributed by atoms with Gasteiger partial charge in [-0.2, -0.15) is 0 Å². The minimum absolute atomic E-state index is 0.0162. The van der Waals surface area contributed by atoms with Crippen molar-refractivity contribution in [2.45, 2.75) is 4.90 Å². The van der Waals surface area contributed by atoms with Gasteiger partial charge >= 0.3 is 0 Å². The van der Waals surface area contributed by atoms with Crippen LogP contribution in [0.2, 0.25) is 0 Å². The summed E-state index contributed by atoms with van der Waals surface area (Å²) in [5.41, 5.74) is 0.506. The highest BCUT2D eigenvalue weighted by Gasteiger charge is 2.29. The van der Waals surface area contributed by atoms with Gasteiger partial charge in [0.15, 0.2) is 0 Å². The zero-order valence-electron chi connectivity index (χ0n) is 16.9. The van der Waals surface area contributed by atoms with E-state index in [2.05, 4.69) is 5.32 Å². The smallest absolute Gasteiger partial charge is 0.264 e. The molecule has 0 bridgehead atoms. The largest absolute Gasteiger partial charge is 0.497 e. The maximum absolute atomic E-state index is 13.4. The van der Waals surface area contributed by atoms with Crippen molar-refractivity contribution in [2.24, 2.45) is 0 Å². The molecule has 0 heterocycles. The quantitative estimate of drug-likeness (QED) is 0.573. The number of carbonyl (C=O) groups is 1. The zero-order chi connectivity index (χ0) is 22.4. The van der Waals surface area contributed by atoms with Crippen LogP contribution < -0.4 is 19.1 Å². The fraction of sp³-hybridized carbons (Fsp3) is 0.136. The molecular formula is C22H21FN2O5S. The zero-order valence-corrected chi connectivity index (χ0v) is 17.7. The molecule has 0 saturated carbocycles. The lowest BCUT2D eigenvalue weighted by Gasteiger charge is -2.26. The standard InChI is InChI=1S/C22H21FN2O5S/c1-29-18-12-13-20(21(14-18)30-2)25(31(27,28)19-6-4-3-5-7-19)15-22(26)24-17-10-8-16(23)9-11-17/h3-14H,15H2,1-2H3,(H,24,26). The third kappa shape index (κ3) is 5.13. The van der Waals surface area contributed by atoms with E-state index in [1.165, 1.54) is 62.8 Å². The molecule has 0 unspecified atom stereocenters. The van der Waals surface area contributed by atoms with Crippen LogP contribution in [0.3, 0.4) is 0 Å². The molecule has 0 aliphatic rings. The van der Waals surface area contributed by atoms with Crippen molar-refractivity contribution >= 4 is 27.3 Å². The molecule has 0 aliphatic heterocycles. The normalized spacial score (nSPS) is 10.9. The lowest BCUT2D eigenvalue weighted by molar-refractivity contribution is -0.114. The van der Waals surface area contributed by atoms with Crippen LogP contribution in [0.1, 0.15) is 0 Å². The Bertz CT molecular complexity index is 1150. The lowest BCUT2D eigenvalue weighted by Crippen LogP contribution is -2.38. The van der Waals surface area contributed by atoms with Gasteiger partial charge in [-0.3, -0.25) is 9.10 Å². The van der Waals surface area contributed by atoms with Gasteiger partial charge in [-0.1, -0.05) is 18.2 Å². The van der Waals surface area contributed by atoms with Crippen LogP contribution in [0.4, 0.5) is 15.8 Å². The third-order valence-corrected chi connectivity index (χ3v) is 6.18. The van der Waals surface area contributed by atoms with Crippen molar-refractivity contribution < 1.29 is 27.1 Å². The number of ether oxygens (including phenoxy) is 2. The maximum atomic E-state index is 13.4. The number of nitrogens with zero attached hydrogens (tertiary/aromatic N) is 1. The minimum atomic E-state index is -4.11. The second kappa shape index (κ2) is 9.48. The Morgan fingerprint density at radius 3 is 2.26 bits per heavy atom. The summed E-state index contributed by atoms with van der Waals surface area (Å²) in [7, 11) is -1.24. The molecule has 0 aliphatic carbocycles. The molecule has 0 spiro atoms. The van der Waals surface area contributed by atoms with E-state index in [9.17, 15) is 17.6 Å². The Balaban J connectivity index is 2.00. The van der Waals surface area contributed by atoms with E-state index in [0.29, 0.717) is 11.4 Å². The molecular weight excluding hydrogens is 423 g/mol. The monoisotopic (exact) mass is 444 g/mol. The molecule has 3 aromatic carbocycles. The highest BCUT2D eigenvalue weighted by Crippen LogP contribution is 2.35. The summed E-state index contributed by atoms with van der Waals surface area (Å²) in [6.07, 6.45) is 0. The third-order valence-electron chi connectivity index (χ3n) is 4.40. The van der Waals surface area contributed by atoms with Gasteiger partial charge in [0.1, 0.15) is 23.9 Å². The Hall–Kier alpha value is -3.59. The van der Waals surface area contributed by atoms with Crippen LogP contribution in [0.5, 0.6) is 11.5 Å². The van der Waals surface area contributed by atoms with Crippen LogP contribution in [0.15, 0.2) is 77.7 Å². The Kier molecular flexibility index (Phi) is 6.76. The van der Waals surface area contributed by atoms with Crippen LogP contribution in [0.25, 0.3) is 0 Å². The van der Waals surface area contributed by atoms with Gasteiger partial charge in [0.2, 0.25) is 5.91 Å². The van der Waals surface area contributed by atoms with Gasteiger partial charge < -0.3 is 14.8 Å². The average Bonchev–Trinajstić information content (AvgIpc) is 2.79. The van der Waals surface area contributed by atoms with E-state index in [1.807, 2.05) is 0 Å². The van der Waals surface area contributed by atoms with Crippen molar-refractivity contribution in [1.82, 2.24) is 0 Å². The van der Waals surface area contributed by atoms with Gasteiger partial charge in [-0.15, -0.1) is 0 Å². The van der Waals surface area contributed by atoms with E-state index >= 15 is 0 Å². The number of carbonyl (C=O) groups excluding carboxylic acids is 1. The first-order valence-corrected chi connectivity index (χ1v) is 10.6. The maximum Gasteiger partial charge on any atom is 0.264 e. The van der Waals surface area contributed by atoms with Crippen LogP contribution >= 0.6 is 0 Å². The van der Waals surface area contributed by atoms with Gasteiger partial charge in [0.05, 0.1) is 24.8 Å². The molecule has 0 radical (unpaired) electrons. The minimum Gasteiger partial charge on any atom is -0.497 e. The van der Waals surface area contributed by atoms with Gasteiger partial charge in [-0.05, 0) is 48.5 Å². The summed E-state index contributed by atoms with van der Waals surface area (Å²) >= 11 is 0. The molecule has 7 nitrogen and oxygen atoms in total. The second-order valence-electron chi connectivity index (χ2n) is 6.42. The van der Waals surface area contributed by atoms with E-state index in [4.69, 9.17) is 9.47 Å². The van der Waals surface area contributed by atoms with E-state index in [1.54, 1.807) is 24.3 Å². The van der Waals surface area contributed by atoms with Gasteiger partial charge in [0, 0.05) is 11.8 Å². The number of hydrogen-bond acceptors (Lipinski definition) is 5. The van der Waals surface area contributed by atoms with Crippen molar-refractivity contribution in [3.8, 4) is 11.5 Å². The number of methoxy groups -OCH3 is 2. The van der Waals surface area contributed by atoms with Crippen LogP contribution in [-0.2, 0) is 14.8 Å². The molecule has 0 atom stereocenters. The Labute approximate surface area is 180 Å². The predicted molar refractivity (Wildman–Crippen MR) is 116 cm³/mol. The fourth-order valence-electron chi connectivity index (χ4n) is 2.87. The number of hydrogen-bond donors (Lipinski definition) is 1. The van der Waals surface area contributed by atoms with Gasteiger partial charge in [-0.25, -0.2) is 12.8 Å². The SMILES string of the molecule is COc1ccc(N(CC(=O)Nc2ccc(F)cc2)S(=O)(=O)c2ccccc2)c(OC)c1. The van der Waals surface area contributed by atoms with E-state index in [-0.39, 0.29) is 16.3 Å². The molecule has 3 rings (SSSR count). The number of amides is 1. The van der Waals surface area contributed by atoms with Crippen LogP contribution in [-0.4, -0.2) is 35.1 Å². The number of nitrogens with one attached hydrogen (secondary N) is 1. The lowest BCUT2D eigenvalue weighted by atomic mass is 10.2. The fourth-order valence-corrected chi connectivity index (χ4v) is 4.33. The first-order valence-electron chi connectivity index (χ1n) is 9.20.